The van der Waals surface area contributed by atoms with Gasteiger partial charge in [0.05, 0.1) is 13.7 Å². The predicted molar refractivity (Wildman–Crippen MR) is 80.4 cm³/mol. The van der Waals surface area contributed by atoms with Crippen LogP contribution in [0.25, 0.3) is 0 Å². The molecular weight excluding hydrogens is 286 g/mol. The standard InChI is InChI=1S/C15H19N3O4/c1-22-12-4-2-3-11(9-12)17-13(19)5-6-15(21)18-8-7-16-14(20)10-18/h2-4,9H,5-8,10H2,1H3,(H,16,20)(H,17,19). The lowest BCUT2D eigenvalue weighted by molar-refractivity contribution is -0.138. The van der Waals surface area contributed by atoms with Gasteiger partial charge in [-0.15, -0.1) is 0 Å². The van der Waals surface area contributed by atoms with Crippen LogP contribution in [0.15, 0.2) is 24.3 Å². The Bertz CT molecular complexity index is 574. The lowest BCUT2D eigenvalue weighted by Gasteiger charge is -2.26. The summed E-state index contributed by atoms with van der Waals surface area (Å²) in [7, 11) is 1.55. The molecule has 0 saturated carbocycles. The summed E-state index contributed by atoms with van der Waals surface area (Å²) in [6.07, 6.45) is 0.164. The molecule has 0 aromatic heterocycles. The molecule has 7 heteroatoms. The number of benzene rings is 1. The van der Waals surface area contributed by atoms with Gasteiger partial charge in [0.1, 0.15) is 5.75 Å². The zero-order valence-electron chi connectivity index (χ0n) is 12.4. The van der Waals surface area contributed by atoms with E-state index in [1.807, 2.05) is 0 Å². The third-order valence-corrected chi connectivity index (χ3v) is 3.31. The van der Waals surface area contributed by atoms with E-state index >= 15 is 0 Å². The van der Waals surface area contributed by atoms with Crippen molar-refractivity contribution in [3.05, 3.63) is 24.3 Å². The summed E-state index contributed by atoms with van der Waals surface area (Å²) in [6.45, 7) is 1.01. The second-order valence-corrected chi connectivity index (χ2v) is 4.95. The monoisotopic (exact) mass is 305 g/mol. The van der Waals surface area contributed by atoms with Crippen molar-refractivity contribution in [1.82, 2.24) is 10.2 Å². The number of amides is 3. The lowest BCUT2D eigenvalue weighted by Crippen LogP contribution is -2.50. The van der Waals surface area contributed by atoms with Crippen molar-refractivity contribution in [3.8, 4) is 5.75 Å². The van der Waals surface area contributed by atoms with Crippen molar-refractivity contribution in [2.24, 2.45) is 0 Å². The average Bonchev–Trinajstić information content (AvgIpc) is 2.52. The van der Waals surface area contributed by atoms with Crippen LogP contribution in [-0.2, 0) is 14.4 Å². The Hall–Kier alpha value is -2.57. The summed E-state index contributed by atoms with van der Waals surface area (Å²) in [5.74, 6) is 0.0485. The zero-order valence-corrected chi connectivity index (χ0v) is 12.4. The lowest BCUT2D eigenvalue weighted by atomic mass is 10.2. The van der Waals surface area contributed by atoms with Crippen LogP contribution < -0.4 is 15.4 Å². The van der Waals surface area contributed by atoms with E-state index in [9.17, 15) is 14.4 Å². The van der Waals surface area contributed by atoms with E-state index in [1.54, 1.807) is 31.4 Å². The number of rotatable bonds is 5. The second kappa shape index (κ2) is 7.44. The van der Waals surface area contributed by atoms with Gasteiger partial charge in [-0.3, -0.25) is 14.4 Å². The molecule has 0 radical (unpaired) electrons. The van der Waals surface area contributed by atoms with Gasteiger partial charge in [0, 0.05) is 37.7 Å². The van der Waals surface area contributed by atoms with Gasteiger partial charge in [-0.2, -0.15) is 0 Å². The summed E-state index contributed by atoms with van der Waals surface area (Å²) in [6, 6.07) is 7.00. The highest BCUT2D eigenvalue weighted by Gasteiger charge is 2.21. The van der Waals surface area contributed by atoms with E-state index in [4.69, 9.17) is 4.74 Å². The molecule has 3 amide bonds. The van der Waals surface area contributed by atoms with Gasteiger partial charge in [0.2, 0.25) is 17.7 Å². The third-order valence-electron chi connectivity index (χ3n) is 3.31. The highest BCUT2D eigenvalue weighted by Crippen LogP contribution is 2.17. The number of nitrogens with zero attached hydrogens (tertiary/aromatic N) is 1. The highest BCUT2D eigenvalue weighted by atomic mass is 16.5. The first-order chi connectivity index (χ1) is 10.6. The van der Waals surface area contributed by atoms with Crippen molar-refractivity contribution in [2.75, 3.05) is 32.1 Å². The van der Waals surface area contributed by atoms with Gasteiger partial charge >= 0.3 is 0 Å². The number of piperazine rings is 1. The fraction of sp³-hybridized carbons (Fsp3) is 0.400. The van der Waals surface area contributed by atoms with Crippen LogP contribution in [0.4, 0.5) is 5.69 Å². The Morgan fingerprint density at radius 1 is 1.36 bits per heavy atom. The fourth-order valence-electron chi connectivity index (χ4n) is 2.15. The molecular formula is C15H19N3O4. The number of anilines is 1. The first-order valence-corrected chi connectivity index (χ1v) is 7.07. The van der Waals surface area contributed by atoms with Gasteiger partial charge in [0.15, 0.2) is 0 Å². The predicted octanol–water partition coefficient (Wildman–Crippen LogP) is 0.372. The minimum Gasteiger partial charge on any atom is -0.497 e. The van der Waals surface area contributed by atoms with Crippen molar-refractivity contribution in [2.45, 2.75) is 12.8 Å². The van der Waals surface area contributed by atoms with E-state index in [-0.39, 0.29) is 37.1 Å². The van der Waals surface area contributed by atoms with Gasteiger partial charge in [-0.05, 0) is 12.1 Å². The molecule has 0 bridgehead atoms. The molecule has 2 rings (SSSR count). The summed E-state index contributed by atoms with van der Waals surface area (Å²) in [5.41, 5.74) is 0.620. The molecule has 1 aliphatic heterocycles. The number of nitrogens with one attached hydrogen (secondary N) is 2. The van der Waals surface area contributed by atoms with Crippen molar-refractivity contribution in [1.29, 1.82) is 0 Å². The van der Waals surface area contributed by atoms with Crippen LogP contribution in [0.1, 0.15) is 12.8 Å². The first kappa shape index (κ1) is 15.8. The average molecular weight is 305 g/mol. The van der Waals surface area contributed by atoms with Crippen LogP contribution in [0.5, 0.6) is 5.75 Å². The highest BCUT2D eigenvalue weighted by molar-refractivity contribution is 5.94. The molecule has 0 unspecified atom stereocenters. The summed E-state index contributed by atoms with van der Waals surface area (Å²) >= 11 is 0. The van der Waals surface area contributed by atoms with Crippen molar-refractivity contribution in [3.63, 3.8) is 0 Å². The number of carbonyl (C=O) groups is 3. The molecule has 0 aliphatic carbocycles. The van der Waals surface area contributed by atoms with Gasteiger partial charge in [-0.1, -0.05) is 6.07 Å². The summed E-state index contributed by atoms with van der Waals surface area (Å²) < 4.78 is 5.07. The molecule has 1 fully saturated rings. The Balaban J connectivity index is 1.79. The van der Waals surface area contributed by atoms with Crippen molar-refractivity contribution >= 4 is 23.4 Å². The molecule has 1 aromatic carbocycles. The molecule has 0 atom stereocenters. The molecule has 1 heterocycles. The number of hydrogen-bond donors (Lipinski definition) is 2. The SMILES string of the molecule is COc1cccc(NC(=O)CCC(=O)N2CCNC(=O)C2)c1. The molecule has 7 nitrogen and oxygen atoms in total. The fourth-order valence-corrected chi connectivity index (χ4v) is 2.15. The van der Waals surface area contributed by atoms with Crippen LogP contribution in [-0.4, -0.2) is 49.4 Å². The molecule has 1 saturated heterocycles. The molecule has 1 aliphatic rings. The number of carbonyl (C=O) groups excluding carboxylic acids is 3. The summed E-state index contributed by atoms with van der Waals surface area (Å²) in [4.78, 5) is 36.5. The molecule has 0 spiro atoms. The van der Waals surface area contributed by atoms with Crippen molar-refractivity contribution < 1.29 is 19.1 Å². The number of methoxy groups -OCH3 is 1. The number of hydrogen-bond acceptors (Lipinski definition) is 4. The maximum Gasteiger partial charge on any atom is 0.239 e. The maximum absolute atomic E-state index is 11.9. The van der Waals surface area contributed by atoms with Gasteiger partial charge in [0.25, 0.3) is 0 Å². The minimum absolute atomic E-state index is 0.0658. The van der Waals surface area contributed by atoms with Crippen LogP contribution in [0.2, 0.25) is 0 Å². The molecule has 2 N–H and O–H groups in total. The minimum atomic E-state index is -0.247. The quantitative estimate of drug-likeness (QED) is 0.823. The Kier molecular flexibility index (Phi) is 5.35. The molecule has 118 valence electrons. The van der Waals surface area contributed by atoms with E-state index in [0.29, 0.717) is 24.5 Å². The normalized spacial score (nSPS) is 14.2. The number of ether oxygens (including phenoxy) is 1. The summed E-state index contributed by atoms with van der Waals surface area (Å²) in [5, 5.41) is 5.37. The largest absolute Gasteiger partial charge is 0.497 e. The second-order valence-electron chi connectivity index (χ2n) is 4.95. The maximum atomic E-state index is 11.9. The van der Waals surface area contributed by atoms with Gasteiger partial charge < -0.3 is 20.3 Å². The topological polar surface area (TPSA) is 87.7 Å². The Labute approximate surface area is 128 Å². The Morgan fingerprint density at radius 3 is 2.91 bits per heavy atom. The van der Waals surface area contributed by atoms with E-state index < -0.39 is 0 Å². The zero-order chi connectivity index (χ0) is 15.9. The van der Waals surface area contributed by atoms with E-state index in [2.05, 4.69) is 10.6 Å². The van der Waals surface area contributed by atoms with Gasteiger partial charge in [-0.25, -0.2) is 0 Å². The molecule has 1 aromatic rings. The van der Waals surface area contributed by atoms with Crippen LogP contribution in [0, 0.1) is 0 Å². The van der Waals surface area contributed by atoms with Crippen LogP contribution >= 0.6 is 0 Å². The first-order valence-electron chi connectivity index (χ1n) is 7.07. The smallest absolute Gasteiger partial charge is 0.239 e. The van der Waals surface area contributed by atoms with E-state index in [0.717, 1.165) is 0 Å². The third kappa shape index (κ3) is 4.47. The van der Waals surface area contributed by atoms with Crippen LogP contribution in [0.3, 0.4) is 0 Å². The Morgan fingerprint density at radius 2 is 2.18 bits per heavy atom. The van der Waals surface area contributed by atoms with E-state index in [1.165, 1.54) is 4.90 Å². The molecule has 22 heavy (non-hydrogen) atoms.